The van der Waals surface area contributed by atoms with Gasteiger partial charge in [-0.2, -0.15) is 0 Å². The number of ether oxygens (including phenoxy) is 3. The van der Waals surface area contributed by atoms with Gasteiger partial charge < -0.3 is 19.5 Å². The summed E-state index contributed by atoms with van der Waals surface area (Å²) in [6.07, 6.45) is 4.17. The summed E-state index contributed by atoms with van der Waals surface area (Å²) in [6.45, 7) is 6.47. The van der Waals surface area contributed by atoms with Gasteiger partial charge in [0.2, 0.25) is 0 Å². The predicted octanol–water partition coefficient (Wildman–Crippen LogP) is 1.37. The van der Waals surface area contributed by atoms with Crippen molar-refractivity contribution in [3.05, 3.63) is 29.8 Å². The minimum Gasteiger partial charge on any atom is -0.497 e. The van der Waals surface area contributed by atoms with Gasteiger partial charge in [0.25, 0.3) is 5.91 Å². The molecule has 0 aliphatic carbocycles. The maximum Gasteiger partial charge on any atom is 0.265 e. The molecule has 9 heteroatoms. The van der Waals surface area contributed by atoms with Crippen molar-refractivity contribution in [2.75, 3.05) is 66.7 Å². The standard InChI is InChI=1S/C21H30N4O4S/c1-27-18-5-6-19(28-2)17(16-18)4-7-20(26)24-9-3-10-25(24)21(30)22-8-11-23-12-14-29-15-13-23/h4-7,16H,3,8-15H2,1-2H3,(H,22,30)/b7-4+. The maximum atomic E-state index is 12.8. The first-order valence-corrected chi connectivity index (χ1v) is 10.6. The van der Waals surface area contributed by atoms with Crippen LogP contribution < -0.4 is 14.8 Å². The summed E-state index contributed by atoms with van der Waals surface area (Å²) in [5.41, 5.74) is 0.780. The van der Waals surface area contributed by atoms with E-state index in [1.54, 1.807) is 31.4 Å². The van der Waals surface area contributed by atoms with Gasteiger partial charge in [-0.25, -0.2) is 5.01 Å². The zero-order valence-corrected chi connectivity index (χ0v) is 18.5. The highest BCUT2D eigenvalue weighted by molar-refractivity contribution is 7.80. The molecule has 0 saturated carbocycles. The smallest absolute Gasteiger partial charge is 0.265 e. The van der Waals surface area contributed by atoms with Crippen molar-refractivity contribution in [2.45, 2.75) is 6.42 Å². The van der Waals surface area contributed by atoms with Gasteiger partial charge in [0.05, 0.1) is 27.4 Å². The molecule has 2 aliphatic heterocycles. The van der Waals surface area contributed by atoms with E-state index >= 15 is 0 Å². The minimum atomic E-state index is -0.116. The van der Waals surface area contributed by atoms with E-state index in [9.17, 15) is 4.79 Å². The molecule has 2 saturated heterocycles. The van der Waals surface area contributed by atoms with Crippen LogP contribution in [0.25, 0.3) is 6.08 Å². The zero-order chi connectivity index (χ0) is 21.3. The Labute approximate surface area is 183 Å². The highest BCUT2D eigenvalue weighted by Gasteiger charge is 2.27. The molecule has 0 atom stereocenters. The summed E-state index contributed by atoms with van der Waals surface area (Å²) >= 11 is 5.54. The van der Waals surface area contributed by atoms with Crippen molar-refractivity contribution >= 4 is 29.3 Å². The molecule has 1 aromatic rings. The second-order valence-corrected chi connectivity index (χ2v) is 7.45. The Morgan fingerprint density at radius 1 is 1.17 bits per heavy atom. The van der Waals surface area contributed by atoms with Gasteiger partial charge in [-0.05, 0) is 42.9 Å². The van der Waals surface area contributed by atoms with Crippen molar-refractivity contribution in [1.82, 2.24) is 20.2 Å². The fraction of sp³-hybridized carbons (Fsp3) is 0.524. The van der Waals surface area contributed by atoms with Crippen molar-refractivity contribution in [3.8, 4) is 11.5 Å². The molecule has 0 unspecified atom stereocenters. The van der Waals surface area contributed by atoms with E-state index in [-0.39, 0.29) is 5.91 Å². The van der Waals surface area contributed by atoms with Gasteiger partial charge >= 0.3 is 0 Å². The summed E-state index contributed by atoms with van der Waals surface area (Å²) in [6, 6.07) is 5.47. The molecule has 1 aromatic carbocycles. The number of carbonyl (C=O) groups excluding carboxylic acids is 1. The molecular formula is C21H30N4O4S. The molecule has 2 aliphatic rings. The van der Waals surface area contributed by atoms with Crippen molar-refractivity contribution in [2.24, 2.45) is 0 Å². The van der Waals surface area contributed by atoms with Crippen LogP contribution in [0.5, 0.6) is 11.5 Å². The molecule has 1 N–H and O–H groups in total. The monoisotopic (exact) mass is 434 g/mol. The number of hydrogen-bond donors (Lipinski definition) is 1. The van der Waals surface area contributed by atoms with Gasteiger partial charge in [0.15, 0.2) is 5.11 Å². The predicted molar refractivity (Wildman–Crippen MR) is 119 cm³/mol. The van der Waals surface area contributed by atoms with Crippen LogP contribution in [0, 0.1) is 0 Å². The fourth-order valence-electron chi connectivity index (χ4n) is 3.51. The topological polar surface area (TPSA) is 66.5 Å². The van der Waals surface area contributed by atoms with Gasteiger partial charge in [0.1, 0.15) is 11.5 Å². The lowest BCUT2D eigenvalue weighted by atomic mass is 10.1. The van der Waals surface area contributed by atoms with Gasteiger partial charge in [-0.1, -0.05) is 0 Å². The molecule has 3 rings (SSSR count). The molecule has 8 nitrogen and oxygen atoms in total. The summed E-state index contributed by atoms with van der Waals surface area (Å²) < 4.78 is 16.0. The van der Waals surface area contributed by atoms with Crippen LogP contribution in [-0.4, -0.2) is 92.6 Å². The first-order valence-electron chi connectivity index (χ1n) is 10.2. The number of methoxy groups -OCH3 is 2. The molecule has 2 heterocycles. The average Bonchev–Trinajstić information content (AvgIpc) is 3.28. The minimum absolute atomic E-state index is 0.116. The highest BCUT2D eigenvalue weighted by atomic mass is 32.1. The van der Waals surface area contributed by atoms with Gasteiger partial charge in [-0.3, -0.25) is 14.7 Å². The van der Waals surface area contributed by atoms with Crippen LogP contribution in [0.1, 0.15) is 12.0 Å². The number of carbonyl (C=O) groups is 1. The lowest BCUT2D eigenvalue weighted by molar-refractivity contribution is -0.133. The first-order chi connectivity index (χ1) is 14.6. The van der Waals surface area contributed by atoms with E-state index in [1.807, 2.05) is 23.2 Å². The SMILES string of the molecule is COc1ccc(OC)c(/C=C/C(=O)N2CCCN2C(=S)NCCN2CCOCC2)c1. The van der Waals surface area contributed by atoms with Crippen LogP contribution in [-0.2, 0) is 9.53 Å². The number of morpholine rings is 1. The number of rotatable bonds is 7. The van der Waals surface area contributed by atoms with Crippen LogP contribution in [0.15, 0.2) is 24.3 Å². The zero-order valence-electron chi connectivity index (χ0n) is 17.6. The normalized spacial score (nSPS) is 17.4. The number of hydrogen-bond acceptors (Lipinski definition) is 6. The summed E-state index contributed by atoms with van der Waals surface area (Å²) in [5.74, 6) is 1.27. The Bertz CT molecular complexity index is 767. The molecule has 0 bridgehead atoms. The second kappa shape index (κ2) is 11.1. The number of thiocarbonyl (C=S) groups is 1. The molecule has 0 aromatic heterocycles. The van der Waals surface area contributed by atoms with Crippen LogP contribution >= 0.6 is 12.2 Å². The summed E-state index contributed by atoms with van der Waals surface area (Å²) in [7, 11) is 3.21. The number of nitrogens with one attached hydrogen (secondary N) is 1. The Balaban J connectivity index is 1.55. The molecule has 1 amide bonds. The van der Waals surface area contributed by atoms with Gasteiger partial charge in [0, 0.05) is 50.9 Å². The third kappa shape index (κ3) is 5.84. The first kappa shape index (κ1) is 22.3. The molecular weight excluding hydrogens is 404 g/mol. The van der Waals surface area contributed by atoms with E-state index in [4.69, 9.17) is 26.4 Å². The Kier molecular flexibility index (Phi) is 8.30. The van der Waals surface area contributed by atoms with Crippen LogP contribution in [0.4, 0.5) is 0 Å². The van der Waals surface area contributed by atoms with E-state index in [2.05, 4.69) is 10.2 Å². The molecule has 0 spiro atoms. The summed E-state index contributed by atoms with van der Waals surface area (Å²) in [4.78, 5) is 15.2. The Morgan fingerprint density at radius 2 is 1.93 bits per heavy atom. The number of hydrazine groups is 1. The fourth-order valence-corrected chi connectivity index (χ4v) is 3.80. The molecule has 2 fully saturated rings. The van der Waals surface area contributed by atoms with Crippen molar-refractivity contribution < 1.29 is 19.0 Å². The number of benzene rings is 1. The van der Waals surface area contributed by atoms with Crippen LogP contribution in [0.2, 0.25) is 0 Å². The van der Waals surface area contributed by atoms with Crippen molar-refractivity contribution in [1.29, 1.82) is 0 Å². The molecule has 164 valence electrons. The summed E-state index contributed by atoms with van der Waals surface area (Å²) in [5, 5.41) is 7.41. The third-order valence-corrected chi connectivity index (χ3v) is 5.53. The lowest BCUT2D eigenvalue weighted by Crippen LogP contribution is -2.50. The van der Waals surface area contributed by atoms with Crippen LogP contribution in [0.3, 0.4) is 0 Å². The van der Waals surface area contributed by atoms with E-state index < -0.39 is 0 Å². The van der Waals surface area contributed by atoms with Crippen molar-refractivity contribution in [3.63, 3.8) is 0 Å². The number of nitrogens with zero attached hydrogens (tertiary/aromatic N) is 3. The largest absolute Gasteiger partial charge is 0.497 e. The maximum absolute atomic E-state index is 12.8. The average molecular weight is 435 g/mol. The lowest BCUT2D eigenvalue weighted by Gasteiger charge is -2.31. The Hall–Kier alpha value is -2.36. The van der Waals surface area contributed by atoms with E-state index in [0.717, 1.165) is 57.9 Å². The van der Waals surface area contributed by atoms with E-state index in [0.29, 0.717) is 23.2 Å². The second-order valence-electron chi connectivity index (χ2n) is 7.07. The third-order valence-electron chi connectivity index (χ3n) is 5.17. The van der Waals surface area contributed by atoms with Gasteiger partial charge in [-0.15, -0.1) is 0 Å². The molecule has 30 heavy (non-hydrogen) atoms. The highest BCUT2D eigenvalue weighted by Crippen LogP contribution is 2.25. The quantitative estimate of drug-likeness (QED) is 0.510. The molecule has 0 radical (unpaired) electrons. The number of amides is 1. The Morgan fingerprint density at radius 3 is 2.67 bits per heavy atom. The van der Waals surface area contributed by atoms with E-state index in [1.165, 1.54) is 0 Å².